The molecule has 1 aliphatic rings. The number of nitrogens with zero attached hydrogens (tertiary/aromatic N) is 1. The average Bonchev–Trinajstić information content (AvgIpc) is 2.63. The van der Waals surface area contributed by atoms with E-state index in [1.165, 1.54) is 0 Å². The zero-order valence-corrected chi connectivity index (χ0v) is 9.70. The third-order valence-electron chi connectivity index (χ3n) is 2.70. The first kappa shape index (κ1) is 12.5. The molecule has 0 radical (unpaired) electrons. The molecule has 1 heterocycles. The number of aliphatic hydroxyl groups is 1. The summed E-state index contributed by atoms with van der Waals surface area (Å²) < 4.78 is 0. The van der Waals surface area contributed by atoms with Gasteiger partial charge < -0.3 is 15.3 Å². The minimum absolute atomic E-state index is 0.148. The van der Waals surface area contributed by atoms with Gasteiger partial charge in [0.1, 0.15) is 0 Å². The van der Waals surface area contributed by atoms with Crippen molar-refractivity contribution in [3.8, 4) is 0 Å². The van der Waals surface area contributed by atoms with Crippen LogP contribution in [0.15, 0.2) is 0 Å². The first-order valence-electron chi connectivity index (χ1n) is 5.89. The van der Waals surface area contributed by atoms with E-state index >= 15 is 0 Å². The van der Waals surface area contributed by atoms with E-state index in [4.69, 9.17) is 0 Å². The zero-order chi connectivity index (χ0) is 11.3. The van der Waals surface area contributed by atoms with Gasteiger partial charge in [0.2, 0.25) is 5.91 Å². The van der Waals surface area contributed by atoms with Crippen molar-refractivity contribution in [2.75, 3.05) is 19.6 Å². The van der Waals surface area contributed by atoms with E-state index in [9.17, 15) is 9.90 Å². The number of amides is 1. The number of aliphatic hydroxyl groups excluding tert-OH is 1. The summed E-state index contributed by atoms with van der Waals surface area (Å²) in [6, 6.07) is -0.168. The van der Waals surface area contributed by atoms with Gasteiger partial charge in [0.25, 0.3) is 0 Å². The Morgan fingerprint density at radius 1 is 1.40 bits per heavy atom. The molecule has 0 aromatic carbocycles. The minimum Gasteiger partial charge on any atom is -0.392 e. The quantitative estimate of drug-likeness (QED) is 0.694. The van der Waals surface area contributed by atoms with Crippen molar-refractivity contribution in [3.05, 3.63) is 0 Å². The van der Waals surface area contributed by atoms with E-state index in [1.807, 2.05) is 4.90 Å². The van der Waals surface area contributed by atoms with Crippen LogP contribution >= 0.6 is 0 Å². The first-order valence-corrected chi connectivity index (χ1v) is 5.89. The van der Waals surface area contributed by atoms with Gasteiger partial charge in [-0.2, -0.15) is 0 Å². The molecule has 0 bridgehead atoms. The number of nitrogens with one attached hydrogen (secondary N) is 1. The van der Waals surface area contributed by atoms with E-state index in [1.54, 1.807) is 0 Å². The van der Waals surface area contributed by atoms with Crippen LogP contribution in [0, 0.1) is 0 Å². The van der Waals surface area contributed by atoms with Gasteiger partial charge in [-0.05, 0) is 19.3 Å². The maximum Gasteiger partial charge on any atom is 0.239 e. The molecule has 0 aromatic heterocycles. The lowest BCUT2D eigenvalue weighted by Crippen LogP contribution is -2.44. The summed E-state index contributed by atoms with van der Waals surface area (Å²) in [7, 11) is 0. The largest absolute Gasteiger partial charge is 0.392 e. The van der Waals surface area contributed by atoms with Crippen molar-refractivity contribution in [3.63, 3.8) is 0 Å². The highest BCUT2D eigenvalue weighted by atomic mass is 16.3. The Morgan fingerprint density at radius 2 is 2.00 bits per heavy atom. The molecule has 0 aromatic rings. The maximum absolute atomic E-state index is 12.0. The van der Waals surface area contributed by atoms with Crippen molar-refractivity contribution in [1.29, 1.82) is 0 Å². The van der Waals surface area contributed by atoms with E-state index < -0.39 is 0 Å². The Morgan fingerprint density at radius 3 is 2.40 bits per heavy atom. The molecule has 2 unspecified atom stereocenters. The van der Waals surface area contributed by atoms with E-state index in [0.29, 0.717) is 13.0 Å². The number of hydrogen-bond acceptors (Lipinski definition) is 3. The lowest BCUT2D eigenvalue weighted by molar-refractivity contribution is -0.133. The molecule has 4 nitrogen and oxygen atoms in total. The normalized spacial score (nSPS) is 25.5. The summed E-state index contributed by atoms with van der Waals surface area (Å²) in [6.07, 6.45) is 2.18. The Labute approximate surface area is 91.6 Å². The Balaban J connectivity index is 2.47. The molecule has 1 amide bonds. The highest BCUT2D eigenvalue weighted by molar-refractivity contribution is 5.82. The average molecular weight is 214 g/mol. The second-order valence-electron chi connectivity index (χ2n) is 4.18. The Kier molecular flexibility index (Phi) is 5.05. The fourth-order valence-corrected chi connectivity index (χ4v) is 2.00. The van der Waals surface area contributed by atoms with Crippen LogP contribution in [-0.4, -0.2) is 47.7 Å². The van der Waals surface area contributed by atoms with Crippen LogP contribution in [0.5, 0.6) is 0 Å². The fraction of sp³-hybridized carbons (Fsp3) is 0.909. The van der Waals surface area contributed by atoms with Gasteiger partial charge in [-0.3, -0.25) is 4.79 Å². The van der Waals surface area contributed by atoms with Crippen molar-refractivity contribution in [2.24, 2.45) is 0 Å². The number of hydrogen-bond donors (Lipinski definition) is 2. The molecule has 1 saturated heterocycles. The number of β-amino-alcohol motifs (C(OH)–C–C–N with tert-alkyl or cyclic N) is 1. The first-order chi connectivity index (χ1) is 7.19. The van der Waals surface area contributed by atoms with Crippen molar-refractivity contribution in [1.82, 2.24) is 10.2 Å². The standard InChI is InChI=1S/C11H22N2O2/c1-3-5-13(6-4-2)11(15)10-7-9(14)8-12-10/h9-10,12,14H,3-8H2,1-2H3. The molecule has 1 aliphatic heterocycles. The van der Waals surface area contributed by atoms with Gasteiger partial charge in [-0.15, -0.1) is 0 Å². The third-order valence-corrected chi connectivity index (χ3v) is 2.70. The van der Waals surface area contributed by atoms with E-state index in [0.717, 1.165) is 25.9 Å². The molecule has 88 valence electrons. The lowest BCUT2D eigenvalue weighted by atomic mass is 10.1. The van der Waals surface area contributed by atoms with E-state index in [-0.39, 0.29) is 18.1 Å². The molecular weight excluding hydrogens is 192 g/mol. The molecule has 0 aliphatic carbocycles. The second kappa shape index (κ2) is 6.08. The van der Waals surface area contributed by atoms with Crippen molar-refractivity contribution in [2.45, 2.75) is 45.3 Å². The smallest absolute Gasteiger partial charge is 0.239 e. The van der Waals surface area contributed by atoms with Crippen LogP contribution in [-0.2, 0) is 4.79 Å². The minimum atomic E-state index is -0.357. The highest BCUT2D eigenvalue weighted by Crippen LogP contribution is 2.10. The summed E-state index contributed by atoms with van der Waals surface area (Å²) >= 11 is 0. The monoisotopic (exact) mass is 214 g/mol. The molecule has 0 spiro atoms. The molecule has 15 heavy (non-hydrogen) atoms. The zero-order valence-electron chi connectivity index (χ0n) is 9.70. The number of carbonyl (C=O) groups excluding carboxylic acids is 1. The SMILES string of the molecule is CCCN(CCC)C(=O)C1CC(O)CN1. The van der Waals surface area contributed by atoms with E-state index in [2.05, 4.69) is 19.2 Å². The van der Waals surface area contributed by atoms with Gasteiger partial charge in [0, 0.05) is 19.6 Å². The summed E-state index contributed by atoms with van der Waals surface area (Å²) in [4.78, 5) is 13.9. The molecule has 4 heteroatoms. The number of carbonyl (C=O) groups is 1. The van der Waals surface area contributed by atoms with Crippen LogP contribution in [0.2, 0.25) is 0 Å². The van der Waals surface area contributed by atoms with Gasteiger partial charge in [0.05, 0.1) is 12.1 Å². The van der Waals surface area contributed by atoms with Gasteiger partial charge in [-0.1, -0.05) is 13.8 Å². The summed E-state index contributed by atoms with van der Waals surface area (Å²) in [5.74, 6) is 0.148. The van der Waals surface area contributed by atoms with Crippen LogP contribution < -0.4 is 5.32 Å². The van der Waals surface area contributed by atoms with Crippen molar-refractivity contribution < 1.29 is 9.90 Å². The predicted octanol–water partition coefficient (Wildman–Crippen LogP) is 0.358. The molecule has 1 fully saturated rings. The Bertz CT molecular complexity index is 203. The van der Waals surface area contributed by atoms with Crippen LogP contribution in [0.3, 0.4) is 0 Å². The summed E-state index contributed by atoms with van der Waals surface area (Å²) in [5, 5.41) is 12.4. The topological polar surface area (TPSA) is 52.6 Å². The summed E-state index contributed by atoms with van der Waals surface area (Å²) in [6.45, 7) is 6.34. The summed E-state index contributed by atoms with van der Waals surface area (Å²) in [5.41, 5.74) is 0. The molecule has 0 saturated carbocycles. The Hall–Kier alpha value is -0.610. The molecular formula is C11H22N2O2. The molecule has 2 atom stereocenters. The van der Waals surface area contributed by atoms with Crippen molar-refractivity contribution >= 4 is 5.91 Å². The number of rotatable bonds is 5. The van der Waals surface area contributed by atoms with Crippen LogP contribution in [0.1, 0.15) is 33.1 Å². The third kappa shape index (κ3) is 3.47. The van der Waals surface area contributed by atoms with Gasteiger partial charge >= 0.3 is 0 Å². The van der Waals surface area contributed by atoms with Gasteiger partial charge in [-0.25, -0.2) is 0 Å². The predicted molar refractivity (Wildman–Crippen MR) is 59.6 cm³/mol. The van der Waals surface area contributed by atoms with Crippen LogP contribution in [0.25, 0.3) is 0 Å². The fourth-order valence-electron chi connectivity index (χ4n) is 2.00. The molecule has 1 rings (SSSR count). The maximum atomic E-state index is 12.0. The van der Waals surface area contributed by atoms with Crippen LogP contribution in [0.4, 0.5) is 0 Å². The highest BCUT2D eigenvalue weighted by Gasteiger charge is 2.30. The second-order valence-corrected chi connectivity index (χ2v) is 4.18. The lowest BCUT2D eigenvalue weighted by Gasteiger charge is -2.24. The van der Waals surface area contributed by atoms with Gasteiger partial charge in [0.15, 0.2) is 0 Å². The molecule has 2 N–H and O–H groups in total.